The molecular formula is C31H50N5O10P. The maximum Gasteiger partial charge on any atom is 0.377 e. The van der Waals surface area contributed by atoms with Crippen molar-refractivity contribution in [3.05, 3.63) is 24.2 Å². The predicted octanol–water partition coefficient (Wildman–Crippen LogP) is 5.62. The number of nitrogen functional groups attached to an aromatic ring is 1. The summed E-state index contributed by atoms with van der Waals surface area (Å²) < 4.78 is 35.7. The molecular weight excluding hydrogens is 633 g/mol. The SMILES string of the molecule is CCCCCCCCCCCCCCCC(=O)OCC(OP(=O)(O)COC(C)Cn1cnc2c(N)ncnc21)C1OC(=O)C(O)=C1O. The lowest BCUT2D eigenvalue weighted by atomic mass is 10.0. The summed E-state index contributed by atoms with van der Waals surface area (Å²) in [5.41, 5.74) is 6.68. The minimum absolute atomic E-state index is 0.124. The van der Waals surface area contributed by atoms with E-state index in [-0.39, 0.29) is 18.8 Å². The number of ether oxygens (including phenoxy) is 3. The Balaban J connectivity index is 1.41. The normalized spacial score (nSPS) is 17.5. The number of fused-ring (bicyclic) bond motifs is 1. The van der Waals surface area contributed by atoms with E-state index >= 15 is 0 Å². The number of aromatic nitrogens is 4. The van der Waals surface area contributed by atoms with Crippen LogP contribution >= 0.6 is 7.60 Å². The molecule has 1 aliphatic rings. The van der Waals surface area contributed by atoms with Crippen LogP contribution in [-0.4, -0.2) is 77.8 Å². The van der Waals surface area contributed by atoms with Crippen LogP contribution in [0.4, 0.5) is 5.82 Å². The summed E-state index contributed by atoms with van der Waals surface area (Å²) in [6, 6.07) is 0. The van der Waals surface area contributed by atoms with Crippen molar-refractivity contribution in [3.8, 4) is 0 Å². The first kappa shape index (κ1) is 38.2. The van der Waals surface area contributed by atoms with Gasteiger partial charge in [0.2, 0.25) is 5.76 Å². The number of cyclic esters (lactones) is 1. The van der Waals surface area contributed by atoms with Gasteiger partial charge in [-0.05, 0) is 13.3 Å². The summed E-state index contributed by atoms with van der Waals surface area (Å²) in [4.78, 5) is 47.0. The van der Waals surface area contributed by atoms with E-state index in [9.17, 15) is 29.3 Å². The molecule has 2 aromatic heterocycles. The number of hydrogen-bond acceptors (Lipinski definition) is 13. The van der Waals surface area contributed by atoms with Crippen molar-refractivity contribution in [2.45, 2.75) is 129 Å². The molecule has 0 radical (unpaired) electrons. The second kappa shape index (κ2) is 19.5. The molecule has 2 aromatic rings. The smallest absolute Gasteiger partial charge is 0.377 e. The zero-order valence-electron chi connectivity index (χ0n) is 27.4. The van der Waals surface area contributed by atoms with Crippen LogP contribution in [0.5, 0.6) is 0 Å². The number of anilines is 1. The number of carbonyl (C=O) groups excluding carboxylic acids is 2. The minimum atomic E-state index is -4.57. The minimum Gasteiger partial charge on any atom is -0.505 e. The Bertz CT molecular complexity index is 1370. The van der Waals surface area contributed by atoms with E-state index in [0.29, 0.717) is 17.6 Å². The van der Waals surface area contributed by atoms with E-state index in [1.54, 1.807) is 11.5 Å². The quantitative estimate of drug-likeness (QED) is 0.0600. The molecule has 0 aromatic carbocycles. The van der Waals surface area contributed by atoms with Crippen LogP contribution < -0.4 is 5.73 Å². The van der Waals surface area contributed by atoms with Gasteiger partial charge < -0.3 is 39.6 Å². The number of rotatable bonds is 24. The molecule has 4 unspecified atom stereocenters. The zero-order chi connectivity index (χ0) is 34.2. The molecule has 0 aliphatic carbocycles. The van der Waals surface area contributed by atoms with Gasteiger partial charge in [0.25, 0.3) is 0 Å². The van der Waals surface area contributed by atoms with Gasteiger partial charge in [-0.2, -0.15) is 0 Å². The molecule has 0 amide bonds. The number of esters is 2. The fourth-order valence-electron chi connectivity index (χ4n) is 5.25. The first-order valence-corrected chi connectivity index (χ1v) is 18.3. The first-order chi connectivity index (χ1) is 22.5. The molecule has 1 aliphatic heterocycles. The van der Waals surface area contributed by atoms with Crippen molar-refractivity contribution in [3.63, 3.8) is 0 Å². The predicted molar refractivity (Wildman–Crippen MR) is 173 cm³/mol. The summed E-state index contributed by atoms with van der Waals surface area (Å²) in [6.07, 6.45) is 13.4. The molecule has 15 nitrogen and oxygen atoms in total. The summed E-state index contributed by atoms with van der Waals surface area (Å²) in [5, 5.41) is 19.9. The highest BCUT2D eigenvalue weighted by molar-refractivity contribution is 7.52. The fourth-order valence-corrected chi connectivity index (χ4v) is 6.35. The maximum atomic E-state index is 13.0. The second-order valence-electron chi connectivity index (χ2n) is 12.0. The van der Waals surface area contributed by atoms with Crippen molar-refractivity contribution < 1.29 is 48.0 Å². The molecule has 0 saturated carbocycles. The topological polar surface area (TPSA) is 218 Å². The fraction of sp³-hybridized carbons (Fsp3) is 0.710. The third-order valence-corrected chi connectivity index (χ3v) is 8.95. The molecule has 5 N–H and O–H groups in total. The third kappa shape index (κ3) is 12.7. The molecule has 3 heterocycles. The molecule has 0 saturated heterocycles. The molecule has 3 rings (SSSR count). The van der Waals surface area contributed by atoms with E-state index in [1.165, 1.54) is 70.4 Å². The van der Waals surface area contributed by atoms with Gasteiger partial charge in [0.05, 0.1) is 19.0 Å². The first-order valence-electron chi connectivity index (χ1n) is 16.5. The van der Waals surface area contributed by atoms with Gasteiger partial charge >= 0.3 is 19.5 Å². The lowest BCUT2D eigenvalue weighted by Gasteiger charge is -2.25. The zero-order valence-corrected chi connectivity index (χ0v) is 28.3. The second-order valence-corrected chi connectivity index (χ2v) is 13.7. The van der Waals surface area contributed by atoms with E-state index < -0.39 is 62.3 Å². The maximum absolute atomic E-state index is 13.0. The average molecular weight is 684 g/mol. The molecule has 0 bridgehead atoms. The standard InChI is InChI=1S/C31H50N5O10P/c1-3-4-5-6-7-8-9-10-11-12-13-14-15-16-24(37)43-18-23(28-26(38)27(39)31(40)45-28)46-47(41,42)21-44-22(2)17-36-20-35-25-29(32)33-19-34-30(25)36/h19-20,22-23,28,38-39H,3-18,21H2,1-2H3,(H,41,42)(H2,32,33,34). The monoisotopic (exact) mass is 683 g/mol. The lowest BCUT2D eigenvalue weighted by Crippen LogP contribution is -2.36. The molecule has 47 heavy (non-hydrogen) atoms. The Hall–Kier alpha value is -3.26. The molecule has 264 valence electrons. The highest BCUT2D eigenvalue weighted by Gasteiger charge is 2.44. The van der Waals surface area contributed by atoms with Gasteiger partial charge in [-0.25, -0.2) is 19.7 Å². The van der Waals surface area contributed by atoms with Crippen LogP contribution in [0.1, 0.15) is 104 Å². The van der Waals surface area contributed by atoms with Crippen molar-refractivity contribution >= 4 is 36.5 Å². The van der Waals surface area contributed by atoms with E-state index in [0.717, 1.165) is 19.3 Å². The number of carbonyl (C=O) groups is 2. The Morgan fingerprint density at radius 1 is 1.02 bits per heavy atom. The number of aliphatic hydroxyl groups is 2. The summed E-state index contributed by atoms with van der Waals surface area (Å²) in [5.74, 6) is -3.56. The number of unbranched alkanes of at least 4 members (excludes halogenated alkanes) is 12. The Kier molecular flexibility index (Phi) is 15.9. The Morgan fingerprint density at radius 2 is 1.64 bits per heavy atom. The summed E-state index contributed by atoms with van der Waals surface area (Å²) in [6.45, 7) is 3.46. The van der Waals surface area contributed by atoms with Gasteiger partial charge in [-0.15, -0.1) is 0 Å². The van der Waals surface area contributed by atoms with E-state index in [1.807, 2.05) is 0 Å². The van der Waals surface area contributed by atoms with Crippen LogP contribution in [0.2, 0.25) is 0 Å². The number of nitrogens with two attached hydrogens (primary N) is 1. The van der Waals surface area contributed by atoms with Crippen LogP contribution in [0, 0.1) is 0 Å². The highest BCUT2D eigenvalue weighted by atomic mass is 31.2. The third-order valence-electron chi connectivity index (χ3n) is 7.88. The van der Waals surface area contributed by atoms with Crippen LogP contribution in [-0.2, 0) is 39.4 Å². The Labute approximate surface area is 275 Å². The largest absolute Gasteiger partial charge is 0.505 e. The Morgan fingerprint density at radius 3 is 2.23 bits per heavy atom. The van der Waals surface area contributed by atoms with E-state index in [2.05, 4.69) is 21.9 Å². The van der Waals surface area contributed by atoms with Gasteiger partial charge in [0.1, 0.15) is 30.9 Å². The molecule has 0 fully saturated rings. The van der Waals surface area contributed by atoms with E-state index in [4.69, 9.17) is 24.5 Å². The van der Waals surface area contributed by atoms with Crippen LogP contribution in [0.15, 0.2) is 24.2 Å². The molecule has 0 spiro atoms. The number of imidazole rings is 1. The van der Waals surface area contributed by atoms with Gasteiger partial charge in [-0.1, -0.05) is 84.0 Å². The van der Waals surface area contributed by atoms with Gasteiger partial charge in [0, 0.05) is 6.42 Å². The summed E-state index contributed by atoms with van der Waals surface area (Å²) in [7, 11) is -4.57. The van der Waals surface area contributed by atoms with Crippen LogP contribution in [0.25, 0.3) is 11.2 Å². The average Bonchev–Trinajstić information content (AvgIpc) is 3.56. The van der Waals surface area contributed by atoms with Crippen LogP contribution in [0.3, 0.4) is 0 Å². The molecule has 4 atom stereocenters. The summed E-state index contributed by atoms with van der Waals surface area (Å²) >= 11 is 0. The van der Waals surface area contributed by atoms with Gasteiger partial charge in [0.15, 0.2) is 23.3 Å². The van der Waals surface area contributed by atoms with Crippen molar-refractivity contribution in [1.82, 2.24) is 19.5 Å². The molecule has 16 heteroatoms. The number of hydrogen-bond donors (Lipinski definition) is 4. The van der Waals surface area contributed by atoms with Gasteiger partial charge in [-0.3, -0.25) is 13.9 Å². The van der Waals surface area contributed by atoms with Crippen molar-refractivity contribution in [2.75, 3.05) is 18.7 Å². The number of aliphatic hydroxyl groups excluding tert-OH is 2. The van der Waals surface area contributed by atoms with Crippen molar-refractivity contribution in [2.24, 2.45) is 0 Å². The lowest BCUT2D eigenvalue weighted by molar-refractivity contribution is -0.153. The highest BCUT2D eigenvalue weighted by Crippen LogP contribution is 2.45. The van der Waals surface area contributed by atoms with Crippen molar-refractivity contribution in [1.29, 1.82) is 0 Å². The number of nitrogens with zero attached hydrogens (tertiary/aromatic N) is 4.